The van der Waals surface area contributed by atoms with E-state index in [2.05, 4.69) is 5.32 Å². The lowest BCUT2D eigenvalue weighted by Gasteiger charge is -2.10. The fourth-order valence-corrected chi connectivity index (χ4v) is 0.645. The summed E-state index contributed by atoms with van der Waals surface area (Å²) in [6.07, 6.45) is 1.27. The van der Waals surface area contributed by atoms with Gasteiger partial charge in [-0.25, -0.2) is 0 Å². The van der Waals surface area contributed by atoms with Crippen molar-refractivity contribution in [2.24, 2.45) is 0 Å². The lowest BCUT2D eigenvalue weighted by molar-refractivity contribution is 0.260. The van der Waals surface area contributed by atoms with Crippen LogP contribution in [0.1, 0.15) is 12.8 Å². The minimum atomic E-state index is 0.149. The Hall–Kier alpha value is -0.120. The van der Waals surface area contributed by atoms with Crippen molar-refractivity contribution in [3.63, 3.8) is 0 Å². The van der Waals surface area contributed by atoms with Crippen molar-refractivity contribution in [3.05, 3.63) is 6.04 Å². The highest BCUT2D eigenvalue weighted by molar-refractivity contribution is 4.83. The second kappa shape index (κ2) is 6.01. The Morgan fingerprint density at radius 2 is 1.67 bits per heavy atom. The van der Waals surface area contributed by atoms with E-state index in [0.717, 1.165) is 6.04 Å². The first-order valence-electron chi connectivity index (χ1n) is 3.09. The molecule has 0 saturated heterocycles. The molecule has 0 saturated carbocycles. The summed E-state index contributed by atoms with van der Waals surface area (Å²) in [5, 5.41) is 19.8. The van der Waals surface area contributed by atoms with Gasteiger partial charge in [-0.15, -0.1) is 0 Å². The summed E-state index contributed by atoms with van der Waals surface area (Å²) in [5.74, 6) is 0. The first-order valence-corrected chi connectivity index (χ1v) is 3.09. The van der Waals surface area contributed by atoms with Crippen LogP contribution in [0.4, 0.5) is 0 Å². The Morgan fingerprint density at radius 3 is 1.89 bits per heavy atom. The zero-order chi connectivity index (χ0) is 7.11. The molecular weight excluding hydrogens is 118 g/mol. The minimum Gasteiger partial charge on any atom is -0.396 e. The molecule has 3 heteroatoms. The molecule has 0 aromatic heterocycles. The van der Waals surface area contributed by atoms with Crippen LogP contribution < -0.4 is 5.32 Å². The van der Waals surface area contributed by atoms with E-state index in [4.69, 9.17) is 10.2 Å². The number of nitrogens with one attached hydrogen (secondary N) is 1. The average molecular weight is 132 g/mol. The van der Waals surface area contributed by atoms with Gasteiger partial charge >= 0.3 is 0 Å². The third kappa shape index (κ3) is 4.39. The van der Waals surface area contributed by atoms with Gasteiger partial charge in [-0.2, -0.15) is 0 Å². The summed E-state index contributed by atoms with van der Waals surface area (Å²) < 4.78 is 0. The normalized spacial score (nSPS) is 10.7. The number of aliphatic hydroxyl groups is 2. The molecule has 0 amide bonds. The van der Waals surface area contributed by atoms with Gasteiger partial charge in [0, 0.05) is 19.3 Å². The summed E-state index contributed by atoms with van der Waals surface area (Å²) in [6, 6.07) is 1.00. The lowest BCUT2D eigenvalue weighted by Crippen LogP contribution is -2.18. The van der Waals surface area contributed by atoms with Gasteiger partial charge in [0.05, 0.1) is 0 Å². The minimum absolute atomic E-state index is 0.149. The van der Waals surface area contributed by atoms with E-state index in [1.54, 1.807) is 7.05 Å². The van der Waals surface area contributed by atoms with Crippen LogP contribution in [0.3, 0.4) is 0 Å². The van der Waals surface area contributed by atoms with Crippen LogP contribution >= 0.6 is 0 Å². The van der Waals surface area contributed by atoms with Gasteiger partial charge < -0.3 is 15.5 Å². The van der Waals surface area contributed by atoms with E-state index < -0.39 is 0 Å². The van der Waals surface area contributed by atoms with Crippen molar-refractivity contribution in [1.29, 1.82) is 0 Å². The first kappa shape index (κ1) is 8.88. The molecule has 55 valence electrons. The topological polar surface area (TPSA) is 52.5 Å². The van der Waals surface area contributed by atoms with Crippen LogP contribution in [0.2, 0.25) is 0 Å². The molecule has 0 aromatic carbocycles. The van der Waals surface area contributed by atoms with Crippen LogP contribution in [-0.2, 0) is 0 Å². The summed E-state index contributed by atoms with van der Waals surface area (Å²) in [4.78, 5) is 0. The molecule has 0 rings (SSSR count). The molecule has 0 bridgehead atoms. The highest BCUT2D eigenvalue weighted by Gasteiger charge is 2.03. The average Bonchev–Trinajstić information content (AvgIpc) is 1.88. The molecular formula is C6H14NO2. The number of rotatable bonds is 5. The highest BCUT2D eigenvalue weighted by atomic mass is 16.3. The smallest absolute Gasteiger partial charge is 0.0449 e. The molecule has 0 heterocycles. The second-order valence-electron chi connectivity index (χ2n) is 1.80. The summed E-state index contributed by atoms with van der Waals surface area (Å²) >= 11 is 0. The van der Waals surface area contributed by atoms with Crippen molar-refractivity contribution in [2.45, 2.75) is 12.8 Å². The Balaban J connectivity index is 3.18. The standard InChI is InChI=1S/C6H14NO2/c1-7-6(2-4-8)3-5-9/h7-9H,2-5H2,1H3. The van der Waals surface area contributed by atoms with Gasteiger partial charge in [-0.1, -0.05) is 0 Å². The summed E-state index contributed by atoms with van der Waals surface area (Å²) in [5.41, 5.74) is 0. The van der Waals surface area contributed by atoms with Crippen LogP contribution in [0, 0.1) is 6.04 Å². The van der Waals surface area contributed by atoms with Crippen LogP contribution in [0.5, 0.6) is 0 Å². The van der Waals surface area contributed by atoms with E-state index >= 15 is 0 Å². The van der Waals surface area contributed by atoms with Crippen molar-refractivity contribution in [1.82, 2.24) is 5.32 Å². The van der Waals surface area contributed by atoms with Crippen molar-refractivity contribution >= 4 is 0 Å². The molecule has 0 fully saturated rings. The fourth-order valence-electron chi connectivity index (χ4n) is 0.645. The van der Waals surface area contributed by atoms with Crippen molar-refractivity contribution in [3.8, 4) is 0 Å². The Kier molecular flexibility index (Phi) is 5.93. The molecule has 3 N–H and O–H groups in total. The number of hydrogen-bond acceptors (Lipinski definition) is 3. The summed E-state index contributed by atoms with van der Waals surface area (Å²) in [6.45, 7) is 0.298. The first-order chi connectivity index (χ1) is 4.35. The van der Waals surface area contributed by atoms with Crippen LogP contribution in [0.15, 0.2) is 0 Å². The van der Waals surface area contributed by atoms with E-state index in [-0.39, 0.29) is 13.2 Å². The lowest BCUT2D eigenvalue weighted by atomic mass is 10.1. The molecule has 0 aromatic rings. The fraction of sp³-hybridized carbons (Fsp3) is 0.833. The zero-order valence-electron chi connectivity index (χ0n) is 5.72. The van der Waals surface area contributed by atoms with E-state index in [1.165, 1.54) is 0 Å². The predicted molar refractivity (Wildman–Crippen MR) is 35.7 cm³/mol. The van der Waals surface area contributed by atoms with Gasteiger partial charge in [0.1, 0.15) is 0 Å². The van der Waals surface area contributed by atoms with Crippen LogP contribution in [0.25, 0.3) is 0 Å². The van der Waals surface area contributed by atoms with Gasteiger partial charge in [0.2, 0.25) is 0 Å². The van der Waals surface area contributed by atoms with E-state index in [1.807, 2.05) is 0 Å². The quantitative estimate of drug-likeness (QED) is 0.473. The molecule has 3 nitrogen and oxygen atoms in total. The van der Waals surface area contributed by atoms with Gasteiger partial charge in [-0.05, 0) is 19.9 Å². The van der Waals surface area contributed by atoms with Crippen molar-refractivity contribution in [2.75, 3.05) is 20.3 Å². The second-order valence-corrected chi connectivity index (χ2v) is 1.80. The molecule has 0 unspecified atom stereocenters. The van der Waals surface area contributed by atoms with E-state index in [0.29, 0.717) is 12.8 Å². The largest absolute Gasteiger partial charge is 0.396 e. The monoisotopic (exact) mass is 132 g/mol. The molecule has 0 spiro atoms. The molecule has 0 atom stereocenters. The maximum Gasteiger partial charge on any atom is 0.0449 e. The predicted octanol–water partition coefficient (Wildman–Crippen LogP) is -0.497. The Labute approximate surface area is 55.7 Å². The molecule has 0 aliphatic rings. The van der Waals surface area contributed by atoms with Gasteiger partial charge in [-0.3, -0.25) is 0 Å². The van der Waals surface area contributed by atoms with Crippen molar-refractivity contribution < 1.29 is 10.2 Å². The summed E-state index contributed by atoms with van der Waals surface area (Å²) in [7, 11) is 1.79. The molecule has 9 heavy (non-hydrogen) atoms. The SMILES string of the molecule is CN[C](CCO)CCO. The maximum atomic E-state index is 8.45. The van der Waals surface area contributed by atoms with Gasteiger partial charge in [0.15, 0.2) is 0 Å². The van der Waals surface area contributed by atoms with E-state index in [9.17, 15) is 0 Å². The number of aliphatic hydroxyl groups excluding tert-OH is 2. The highest BCUT2D eigenvalue weighted by Crippen LogP contribution is 2.03. The Bertz CT molecular complexity index is 53.0. The van der Waals surface area contributed by atoms with Crippen LogP contribution in [-0.4, -0.2) is 30.5 Å². The molecule has 0 aliphatic heterocycles. The zero-order valence-corrected chi connectivity index (χ0v) is 5.72. The molecule has 1 radical (unpaired) electrons. The maximum absolute atomic E-state index is 8.45. The molecule has 0 aliphatic carbocycles. The number of hydrogen-bond donors (Lipinski definition) is 3. The third-order valence-electron chi connectivity index (χ3n) is 1.18. The van der Waals surface area contributed by atoms with Gasteiger partial charge in [0.25, 0.3) is 0 Å². The Morgan fingerprint density at radius 1 is 1.22 bits per heavy atom. The third-order valence-corrected chi connectivity index (χ3v) is 1.18.